The normalized spacial score (nSPS) is 10.2. The van der Waals surface area contributed by atoms with E-state index < -0.39 is 0 Å². The maximum absolute atomic E-state index is 5.77. The molecule has 0 fully saturated rings. The minimum absolute atomic E-state index is 0.452. The number of nitrogen functional groups attached to an aromatic ring is 1. The van der Waals surface area contributed by atoms with Gasteiger partial charge in [0.2, 0.25) is 0 Å². The zero-order valence-corrected chi connectivity index (χ0v) is 11.2. The molecule has 0 saturated carbocycles. The van der Waals surface area contributed by atoms with Gasteiger partial charge in [0.15, 0.2) is 5.75 Å². The van der Waals surface area contributed by atoms with Crippen LogP contribution >= 0.6 is 15.9 Å². The Labute approximate surface area is 109 Å². The van der Waals surface area contributed by atoms with Crippen molar-refractivity contribution in [2.45, 2.75) is 0 Å². The Morgan fingerprint density at radius 1 is 1.29 bits per heavy atom. The summed E-state index contributed by atoms with van der Waals surface area (Å²) in [7, 11) is 1.54. The fourth-order valence-corrected chi connectivity index (χ4v) is 1.37. The fourth-order valence-electron chi connectivity index (χ4n) is 1.03. The third kappa shape index (κ3) is 4.36. The highest BCUT2D eigenvalue weighted by Gasteiger charge is 2.02. The first-order chi connectivity index (χ1) is 8.02. The molecule has 4 heteroatoms. The number of hydrogen-bond acceptors (Lipinski definition) is 3. The maximum atomic E-state index is 5.77. The van der Waals surface area contributed by atoms with Crippen molar-refractivity contribution in [2.75, 3.05) is 12.8 Å². The van der Waals surface area contributed by atoms with Crippen molar-refractivity contribution in [3.63, 3.8) is 0 Å². The quantitative estimate of drug-likeness (QED) is 0.512. The third-order valence-corrected chi connectivity index (χ3v) is 2.43. The van der Waals surface area contributed by atoms with Gasteiger partial charge in [0, 0.05) is 4.47 Å². The molecule has 0 atom stereocenters. The number of anilines is 1. The highest BCUT2D eigenvalue weighted by Crippen LogP contribution is 2.27. The molecule has 90 valence electrons. The molecule has 3 nitrogen and oxygen atoms in total. The molecule has 1 aromatic carbocycles. The van der Waals surface area contributed by atoms with E-state index in [0.29, 0.717) is 23.0 Å². The second-order valence-electron chi connectivity index (χ2n) is 3.25. The number of halogens is 1. The lowest BCUT2D eigenvalue weighted by molar-refractivity contribution is 0.308. The van der Waals surface area contributed by atoms with E-state index >= 15 is 0 Å². The molecule has 0 saturated heterocycles. The highest BCUT2D eigenvalue weighted by molar-refractivity contribution is 9.10. The first-order valence-corrected chi connectivity index (χ1v) is 5.65. The smallest absolute Gasteiger partial charge is 0.151 e. The first-order valence-electron chi connectivity index (χ1n) is 4.85. The summed E-state index contributed by atoms with van der Waals surface area (Å²) >= 11 is 3.34. The summed E-state index contributed by atoms with van der Waals surface area (Å²) in [6, 6.07) is 5.37. The van der Waals surface area contributed by atoms with Crippen molar-refractivity contribution in [3.8, 4) is 5.75 Å². The first kappa shape index (κ1) is 13.4. The largest absolute Gasteiger partial charge is 0.497 e. The Morgan fingerprint density at radius 2 is 1.94 bits per heavy atom. The summed E-state index contributed by atoms with van der Waals surface area (Å²) < 4.78 is 11.3. The van der Waals surface area contributed by atoms with Gasteiger partial charge in [0.05, 0.1) is 12.8 Å². The molecular weight excluding hydrogens is 282 g/mol. The summed E-state index contributed by atoms with van der Waals surface area (Å²) in [5.41, 5.74) is 6.32. The summed E-state index contributed by atoms with van der Waals surface area (Å²) in [6.45, 7) is 7.40. The van der Waals surface area contributed by atoms with Gasteiger partial charge in [-0.25, -0.2) is 0 Å². The lowest BCUT2D eigenvalue weighted by atomic mass is 10.3. The number of benzene rings is 1. The van der Waals surface area contributed by atoms with E-state index in [0.717, 1.165) is 4.47 Å². The predicted molar refractivity (Wildman–Crippen MR) is 73.6 cm³/mol. The number of methoxy groups -OCH3 is 1. The zero-order chi connectivity index (χ0) is 12.8. The van der Waals surface area contributed by atoms with Gasteiger partial charge < -0.3 is 15.2 Å². The molecular formula is C13H14BrNO2. The minimum Gasteiger partial charge on any atom is -0.497 e. The molecule has 0 heterocycles. The van der Waals surface area contributed by atoms with E-state index in [1.165, 1.54) is 0 Å². The molecule has 0 unspecified atom stereocenters. The summed E-state index contributed by atoms with van der Waals surface area (Å²) in [5.74, 6) is 1.53. The maximum Gasteiger partial charge on any atom is 0.151 e. The van der Waals surface area contributed by atoms with Crippen molar-refractivity contribution in [1.82, 2.24) is 0 Å². The van der Waals surface area contributed by atoms with E-state index in [1.54, 1.807) is 31.4 Å². The predicted octanol–water partition coefficient (Wildman–Crippen LogP) is 3.64. The number of ether oxygens (including phenoxy) is 2. The standard InChI is InChI=1S/C13H14BrNO2/c1-9(16-3)4-5-10(2)17-13-8-11(14)6-7-12(13)15/h4-8H,1-2,15H2,3H3/b5-4-. The van der Waals surface area contributed by atoms with Gasteiger partial charge in [-0.1, -0.05) is 29.1 Å². The van der Waals surface area contributed by atoms with Crippen LogP contribution in [0.4, 0.5) is 5.69 Å². The third-order valence-electron chi connectivity index (χ3n) is 1.93. The fraction of sp³-hybridized carbons (Fsp3) is 0.0769. The Balaban J connectivity index is 2.71. The van der Waals surface area contributed by atoms with Crippen molar-refractivity contribution in [3.05, 3.63) is 59.5 Å². The van der Waals surface area contributed by atoms with Crippen LogP contribution in [0.15, 0.2) is 59.5 Å². The summed E-state index contributed by atoms with van der Waals surface area (Å²) in [4.78, 5) is 0. The number of nitrogens with two attached hydrogens (primary N) is 1. The molecule has 0 amide bonds. The van der Waals surface area contributed by atoms with Gasteiger partial charge in [0.1, 0.15) is 11.5 Å². The SMILES string of the molecule is C=C(/C=C\C(=C)Oc1cc(Br)ccc1N)OC. The second-order valence-corrected chi connectivity index (χ2v) is 4.17. The lowest BCUT2D eigenvalue weighted by Gasteiger charge is -2.08. The molecule has 1 rings (SSSR count). The summed E-state index contributed by atoms with van der Waals surface area (Å²) in [5, 5.41) is 0. The van der Waals surface area contributed by atoms with Crippen LogP contribution in [0.1, 0.15) is 0 Å². The molecule has 0 aliphatic heterocycles. The molecule has 0 aliphatic carbocycles. The summed E-state index contributed by atoms with van der Waals surface area (Å²) in [6.07, 6.45) is 3.32. The van der Waals surface area contributed by atoms with E-state index in [1.807, 2.05) is 6.07 Å². The molecule has 17 heavy (non-hydrogen) atoms. The van der Waals surface area contributed by atoms with Gasteiger partial charge in [0.25, 0.3) is 0 Å². The van der Waals surface area contributed by atoms with Crippen molar-refractivity contribution in [2.24, 2.45) is 0 Å². The Bertz CT molecular complexity index is 466. The molecule has 0 aromatic heterocycles. The van der Waals surface area contributed by atoms with Crippen molar-refractivity contribution in [1.29, 1.82) is 0 Å². The van der Waals surface area contributed by atoms with E-state index in [2.05, 4.69) is 29.1 Å². The van der Waals surface area contributed by atoms with Gasteiger partial charge in [-0.05, 0) is 30.4 Å². The van der Waals surface area contributed by atoms with Crippen molar-refractivity contribution >= 4 is 21.6 Å². The monoisotopic (exact) mass is 295 g/mol. The molecule has 0 radical (unpaired) electrons. The van der Waals surface area contributed by atoms with Crippen LogP contribution in [0.25, 0.3) is 0 Å². The van der Waals surface area contributed by atoms with Gasteiger partial charge >= 0.3 is 0 Å². The Kier molecular flexibility index (Phi) is 4.84. The Morgan fingerprint density at radius 3 is 2.59 bits per heavy atom. The van der Waals surface area contributed by atoms with Crippen LogP contribution in [0.3, 0.4) is 0 Å². The van der Waals surface area contributed by atoms with Gasteiger partial charge in [-0.15, -0.1) is 0 Å². The van der Waals surface area contributed by atoms with E-state index in [4.69, 9.17) is 15.2 Å². The van der Waals surface area contributed by atoms with Crippen LogP contribution in [-0.4, -0.2) is 7.11 Å². The van der Waals surface area contributed by atoms with E-state index in [9.17, 15) is 0 Å². The topological polar surface area (TPSA) is 44.5 Å². The molecule has 0 bridgehead atoms. The van der Waals surface area contributed by atoms with E-state index in [-0.39, 0.29) is 0 Å². The van der Waals surface area contributed by atoms with Crippen LogP contribution in [0.5, 0.6) is 5.75 Å². The average molecular weight is 296 g/mol. The number of rotatable bonds is 5. The average Bonchev–Trinajstić information content (AvgIpc) is 2.30. The zero-order valence-electron chi connectivity index (χ0n) is 9.57. The number of hydrogen-bond donors (Lipinski definition) is 1. The Hall–Kier alpha value is -1.68. The van der Waals surface area contributed by atoms with Gasteiger partial charge in [-0.2, -0.15) is 0 Å². The van der Waals surface area contributed by atoms with Crippen LogP contribution < -0.4 is 10.5 Å². The van der Waals surface area contributed by atoms with Crippen LogP contribution in [0.2, 0.25) is 0 Å². The van der Waals surface area contributed by atoms with Gasteiger partial charge in [-0.3, -0.25) is 0 Å². The molecule has 0 spiro atoms. The highest BCUT2D eigenvalue weighted by atomic mass is 79.9. The van der Waals surface area contributed by atoms with Crippen LogP contribution in [-0.2, 0) is 4.74 Å². The minimum atomic E-state index is 0.452. The molecule has 1 aromatic rings. The molecule has 2 N–H and O–H groups in total. The lowest BCUT2D eigenvalue weighted by Crippen LogP contribution is -1.95. The van der Waals surface area contributed by atoms with Crippen LogP contribution in [0, 0.1) is 0 Å². The molecule has 0 aliphatic rings. The second kappa shape index (κ2) is 6.15. The number of allylic oxidation sites excluding steroid dienone is 2. The van der Waals surface area contributed by atoms with Crippen molar-refractivity contribution < 1.29 is 9.47 Å².